The third kappa shape index (κ3) is 4.82. The van der Waals surface area contributed by atoms with Crippen LogP contribution < -0.4 is 10.9 Å². The van der Waals surface area contributed by atoms with Gasteiger partial charge in [0.2, 0.25) is 5.91 Å². The van der Waals surface area contributed by atoms with E-state index in [1.165, 1.54) is 10.6 Å². The van der Waals surface area contributed by atoms with Crippen molar-refractivity contribution >= 4 is 5.91 Å². The third-order valence-corrected chi connectivity index (χ3v) is 2.31. The number of carbonyl (C=O) groups is 1. The highest BCUT2D eigenvalue weighted by Crippen LogP contribution is 1.90. The molecular formula is C12H18N2O3. The molecule has 0 unspecified atom stereocenters. The molecule has 0 saturated carbocycles. The number of methoxy groups -OCH3 is 1. The molecule has 0 atom stereocenters. The van der Waals surface area contributed by atoms with Crippen LogP contribution in [0.2, 0.25) is 0 Å². The fraction of sp³-hybridized carbons (Fsp3) is 0.500. The van der Waals surface area contributed by atoms with Crippen LogP contribution in [0, 0.1) is 6.92 Å². The van der Waals surface area contributed by atoms with Gasteiger partial charge in [-0.1, -0.05) is 0 Å². The standard InChI is InChI=1S/C12H18N2O3/c1-10-4-6-14(12(16)8-10)9-11(15)13-5-3-7-17-2/h4,6,8H,3,5,7,9H2,1-2H3,(H,13,15). The maximum atomic E-state index is 11.5. The number of carbonyl (C=O) groups excluding carboxylic acids is 1. The van der Waals surface area contributed by atoms with E-state index >= 15 is 0 Å². The van der Waals surface area contributed by atoms with Gasteiger partial charge < -0.3 is 14.6 Å². The summed E-state index contributed by atoms with van der Waals surface area (Å²) in [6, 6.07) is 3.32. The lowest BCUT2D eigenvalue weighted by molar-refractivity contribution is -0.121. The van der Waals surface area contributed by atoms with E-state index in [2.05, 4.69) is 5.32 Å². The molecule has 5 heteroatoms. The van der Waals surface area contributed by atoms with Crippen LogP contribution in [0.5, 0.6) is 0 Å². The Morgan fingerprint density at radius 1 is 1.53 bits per heavy atom. The highest BCUT2D eigenvalue weighted by Gasteiger charge is 2.03. The first-order chi connectivity index (χ1) is 8.13. The molecule has 0 aliphatic carbocycles. The normalized spacial score (nSPS) is 10.2. The third-order valence-electron chi connectivity index (χ3n) is 2.31. The zero-order valence-electron chi connectivity index (χ0n) is 10.2. The number of nitrogens with one attached hydrogen (secondary N) is 1. The molecule has 0 saturated heterocycles. The van der Waals surface area contributed by atoms with E-state index in [-0.39, 0.29) is 18.0 Å². The number of aryl methyl sites for hydroxylation is 1. The summed E-state index contributed by atoms with van der Waals surface area (Å²) in [5, 5.41) is 2.73. The molecule has 1 aromatic heterocycles. The van der Waals surface area contributed by atoms with Gasteiger partial charge in [-0.05, 0) is 25.0 Å². The van der Waals surface area contributed by atoms with Gasteiger partial charge in [0.15, 0.2) is 0 Å². The Kier molecular flexibility index (Phi) is 5.42. The van der Waals surface area contributed by atoms with Crippen LogP contribution in [0.1, 0.15) is 12.0 Å². The quantitative estimate of drug-likeness (QED) is 0.726. The number of pyridine rings is 1. The topological polar surface area (TPSA) is 60.3 Å². The van der Waals surface area contributed by atoms with Gasteiger partial charge in [-0.15, -0.1) is 0 Å². The number of rotatable bonds is 6. The first-order valence-electron chi connectivity index (χ1n) is 5.56. The lowest BCUT2D eigenvalue weighted by Gasteiger charge is -2.07. The molecule has 17 heavy (non-hydrogen) atoms. The van der Waals surface area contributed by atoms with Crippen molar-refractivity contribution in [1.82, 2.24) is 9.88 Å². The van der Waals surface area contributed by atoms with Gasteiger partial charge in [0.1, 0.15) is 6.54 Å². The molecule has 0 spiro atoms. The number of ether oxygens (including phenoxy) is 1. The summed E-state index contributed by atoms with van der Waals surface area (Å²) in [6.07, 6.45) is 2.40. The van der Waals surface area contributed by atoms with Gasteiger partial charge in [-0.3, -0.25) is 9.59 Å². The second-order valence-electron chi connectivity index (χ2n) is 3.87. The summed E-state index contributed by atoms with van der Waals surface area (Å²) in [6.45, 7) is 3.08. The van der Waals surface area contributed by atoms with E-state index in [1.807, 2.05) is 6.92 Å². The SMILES string of the molecule is COCCCNC(=O)Cn1ccc(C)cc1=O. The zero-order valence-corrected chi connectivity index (χ0v) is 10.2. The van der Waals surface area contributed by atoms with Crippen molar-refractivity contribution in [2.24, 2.45) is 0 Å². The second-order valence-corrected chi connectivity index (χ2v) is 3.87. The molecule has 0 aliphatic rings. The molecule has 1 aromatic rings. The van der Waals surface area contributed by atoms with E-state index in [0.29, 0.717) is 13.2 Å². The van der Waals surface area contributed by atoms with E-state index in [9.17, 15) is 9.59 Å². The largest absolute Gasteiger partial charge is 0.385 e. The Labute approximate surface area is 100 Å². The minimum absolute atomic E-state index is 0.0616. The van der Waals surface area contributed by atoms with Crippen molar-refractivity contribution < 1.29 is 9.53 Å². The van der Waals surface area contributed by atoms with E-state index < -0.39 is 0 Å². The van der Waals surface area contributed by atoms with Crippen molar-refractivity contribution in [3.8, 4) is 0 Å². The molecule has 0 aromatic carbocycles. The van der Waals surface area contributed by atoms with Crippen LogP contribution in [-0.2, 0) is 16.1 Å². The van der Waals surface area contributed by atoms with Crippen LogP contribution in [-0.4, -0.2) is 30.7 Å². The summed E-state index contributed by atoms with van der Waals surface area (Å²) >= 11 is 0. The van der Waals surface area contributed by atoms with Crippen LogP contribution in [0.4, 0.5) is 0 Å². The molecule has 1 heterocycles. The average molecular weight is 238 g/mol. The van der Waals surface area contributed by atoms with Crippen molar-refractivity contribution in [2.45, 2.75) is 19.9 Å². The van der Waals surface area contributed by atoms with Crippen LogP contribution in [0.25, 0.3) is 0 Å². The Bertz CT molecular complexity index is 426. The first-order valence-corrected chi connectivity index (χ1v) is 5.56. The summed E-state index contributed by atoms with van der Waals surface area (Å²) in [5.74, 6) is -0.160. The van der Waals surface area contributed by atoms with Gasteiger partial charge in [0.25, 0.3) is 5.56 Å². The lowest BCUT2D eigenvalue weighted by Crippen LogP contribution is -2.32. The number of aromatic nitrogens is 1. The van der Waals surface area contributed by atoms with Crippen molar-refractivity contribution in [2.75, 3.05) is 20.3 Å². The van der Waals surface area contributed by atoms with Gasteiger partial charge in [-0.25, -0.2) is 0 Å². The summed E-state index contributed by atoms with van der Waals surface area (Å²) in [5.41, 5.74) is 0.740. The summed E-state index contributed by atoms with van der Waals surface area (Å²) in [4.78, 5) is 23.0. The second kappa shape index (κ2) is 6.85. The van der Waals surface area contributed by atoms with Crippen LogP contribution in [0.3, 0.4) is 0 Å². The number of nitrogens with zero attached hydrogens (tertiary/aromatic N) is 1. The van der Waals surface area contributed by atoms with Crippen molar-refractivity contribution in [1.29, 1.82) is 0 Å². The highest BCUT2D eigenvalue weighted by molar-refractivity contribution is 5.75. The Morgan fingerprint density at radius 2 is 2.29 bits per heavy atom. The van der Waals surface area contributed by atoms with E-state index in [4.69, 9.17) is 4.74 Å². The van der Waals surface area contributed by atoms with Gasteiger partial charge in [0.05, 0.1) is 0 Å². The average Bonchev–Trinajstić information content (AvgIpc) is 2.28. The number of hydrogen-bond acceptors (Lipinski definition) is 3. The first kappa shape index (κ1) is 13.4. The minimum Gasteiger partial charge on any atom is -0.385 e. The Morgan fingerprint density at radius 3 is 2.94 bits per heavy atom. The van der Waals surface area contributed by atoms with Gasteiger partial charge in [-0.2, -0.15) is 0 Å². The molecule has 0 radical (unpaired) electrons. The molecular weight excluding hydrogens is 220 g/mol. The van der Waals surface area contributed by atoms with E-state index in [0.717, 1.165) is 12.0 Å². The molecule has 1 rings (SSSR count). The zero-order chi connectivity index (χ0) is 12.7. The monoisotopic (exact) mass is 238 g/mol. The summed E-state index contributed by atoms with van der Waals surface area (Å²) < 4.78 is 6.26. The maximum Gasteiger partial charge on any atom is 0.251 e. The molecule has 0 aliphatic heterocycles. The molecule has 0 fully saturated rings. The van der Waals surface area contributed by atoms with Crippen molar-refractivity contribution in [3.05, 3.63) is 34.2 Å². The predicted molar refractivity (Wildman–Crippen MR) is 64.9 cm³/mol. The molecule has 1 N–H and O–H groups in total. The highest BCUT2D eigenvalue weighted by atomic mass is 16.5. The van der Waals surface area contributed by atoms with E-state index in [1.54, 1.807) is 19.4 Å². The fourth-order valence-electron chi connectivity index (χ4n) is 1.39. The lowest BCUT2D eigenvalue weighted by atomic mass is 10.3. The maximum absolute atomic E-state index is 11.5. The minimum atomic E-state index is -0.160. The molecule has 94 valence electrons. The van der Waals surface area contributed by atoms with Crippen LogP contribution in [0.15, 0.2) is 23.1 Å². The smallest absolute Gasteiger partial charge is 0.251 e. The number of amides is 1. The van der Waals surface area contributed by atoms with Crippen LogP contribution >= 0.6 is 0 Å². The molecule has 1 amide bonds. The summed E-state index contributed by atoms with van der Waals surface area (Å²) in [7, 11) is 1.62. The van der Waals surface area contributed by atoms with Crippen molar-refractivity contribution in [3.63, 3.8) is 0 Å². The fourth-order valence-corrected chi connectivity index (χ4v) is 1.39. The molecule has 0 bridgehead atoms. The van der Waals surface area contributed by atoms with Gasteiger partial charge >= 0.3 is 0 Å². The Balaban J connectivity index is 2.43. The predicted octanol–water partition coefficient (Wildman–Crippen LogP) is 0.309. The molecule has 5 nitrogen and oxygen atoms in total. The Hall–Kier alpha value is -1.62. The van der Waals surface area contributed by atoms with Gasteiger partial charge in [0, 0.05) is 32.5 Å². The number of hydrogen-bond donors (Lipinski definition) is 1.